The molecule has 2 aromatic heterocycles. The van der Waals surface area contributed by atoms with Crippen LogP contribution in [0.1, 0.15) is 42.5 Å². The first kappa shape index (κ1) is 21.3. The summed E-state index contributed by atoms with van der Waals surface area (Å²) in [5, 5.41) is 9.65. The van der Waals surface area contributed by atoms with Crippen LogP contribution in [0.15, 0.2) is 54.9 Å². The second-order valence-corrected chi connectivity index (χ2v) is 7.81. The highest BCUT2D eigenvalue weighted by Crippen LogP contribution is 2.23. The minimum atomic E-state index is -1.05. The molecular formula is C24H24N4O4. The molecule has 0 unspecified atom stereocenters. The predicted octanol–water partition coefficient (Wildman–Crippen LogP) is 2.79. The van der Waals surface area contributed by atoms with Gasteiger partial charge >= 0.3 is 5.97 Å². The lowest BCUT2D eigenvalue weighted by molar-refractivity contribution is 0.0535. The van der Waals surface area contributed by atoms with Crippen molar-refractivity contribution >= 4 is 17.8 Å². The summed E-state index contributed by atoms with van der Waals surface area (Å²) in [6.45, 7) is 5.45. The van der Waals surface area contributed by atoms with Crippen LogP contribution < -0.4 is 0 Å². The van der Waals surface area contributed by atoms with Crippen LogP contribution in [0.4, 0.5) is 0 Å². The Kier molecular flexibility index (Phi) is 5.77. The highest BCUT2D eigenvalue weighted by Gasteiger charge is 2.26. The molecule has 0 radical (unpaired) electrons. The van der Waals surface area contributed by atoms with Crippen molar-refractivity contribution in [3.8, 4) is 5.69 Å². The fraction of sp³-hybridized carbons (Fsp3) is 0.250. The van der Waals surface area contributed by atoms with Crippen molar-refractivity contribution in [3.05, 3.63) is 82.9 Å². The van der Waals surface area contributed by atoms with Crippen molar-refractivity contribution < 1.29 is 19.5 Å². The lowest BCUT2D eigenvalue weighted by atomic mass is 10.1. The maximum Gasteiger partial charge on any atom is 0.337 e. The number of rotatable bonds is 4. The SMILES string of the molecule is Cc1ccc(C)n1-c1cc(C(=O)N2CCN(C(=O)c3cccnc3)CC2)ccc1C(=O)O. The van der Waals surface area contributed by atoms with Gasteiger partial charge in [-0.1, -0.05) is 0 Å². The smallest absolute Gasteiger partial charge is 0.337 e. The summed E-state index contributed by atoms with van der Waals surface area (Å²) in [7, 11) is 0. The lowest BCUT2D eigenvalue weighted by Crippen LogP contribution is -2.50. The normalized spacial score (nSPS) is 13.8. The number of aromatic carboxylic acids is 1. The number of carbonyl (C=O) groups excluding carboxylic acids is 2. The maximum atomic E-state index is 13.2. The van der Waals surface area contributed by atoms with Gasteiger partial charge in [-0.05, 0) is 56.3 Å². The molecule has 1 aromatic carbocycles. The van der Waals surface area contributed by atoms with E-state index in [9.17, 15) is 19.5 Å². The summed E-state index contributed by atoms with van der Waals surface area (Å²) in [6.07, 6.45) is 3.16. The number of hydrogen-bond donors (Lipinski definition) is 1. The van der Waals surface area contributed by atoms with Gasteiger partial charge in [0.2, 0.25) is 0 Å². The summed E-state index contributed by atoms with van der Waals surface area (Å²) in [6, 6.07) is 11.9. The van der Waals surface area contributed by atoms with E-state index >= 15 is 0 Å². The molecule has 0 bridgehead atoms. The Labute approximate surface area is 185 Å². The average Bonchev–Trinajstić information content (AvgIpc) is 3.16. The van der Waals surface area contributed by atoms with Gasteiger partial charge in [0.15, 0.2) is 0 Å². The fourth-order valence-electron chi connectivity index (χ4n) is 4.05. The second-order valence-electron chi connectivity index (χ2n) is 7.81. The van der Waals surface area contributed by atoms with Crippen molar-refractivity contribution in [2.75, 3.05) is 26.2 Å². The van der Waals surface area contributed by atoms with Crippen LogP contribution >= 0.6 is 0 Å². The highest BCUT2D eigenvalue weighted by atomic mass is 16.4. The van der Waals surface area contributed by atoms with Crippen molar-refractivity contribution in [1.29, 1.82) is 0 Å². The number of aryl methyl sites for hydroxylation is 2. The van der Waals surface area contributed by atoms with Gasteiger partial charge in [0.25, 0.3) is 11.8 Å². The molecule has 4 rings (SSSR count). The Morgan fingerprint density at radius 2 is 1.44 bits per heavy atom. The number of pyridine rings is 1. The summed E-state index contributed by atoms with van der Waals surface area (Å²) in [4.78, 5) is 45.0. The predicted molar refractivity (Wildman–Crippen MR) is 118 cm³/mol. The molecule has 8 nitrogen and oxygen atoms in total. The molecule has 0 aliphatic carbocycles. The number of nitrogens with zero attached hydrogens (tertiary/aromatic N) is 4. The Morgan fingerprint density at radius 1 is 0.844 bits per heavy atom. The number of benzene rings is 1. The van der Waals surface area contributed by atoms with Gasteiger partial charge in [0, 0.05) is 55.5 Å². The topological polar surface area (TPSA) is 95.7 Å². The zero-order chi connectivity index (χ0) is 22.8. The van der Waals surface area contributed by atoms with Crippen LogP contribution in [-0.4, -0.2) is 68.4 Å². The molecule has 2 amide bonds. The van der Waals surface area contributed by atoms with Gasteiger partial charge in [0.1, 0.15) is 0 Å². The monoisotopic (exact) mass is 432 g/mol. The summed E-state index contributed by atoms with van der Waals surface area (Å²) >= 11 is 0. The van der Waals surface area contributed by atoms with Gasteiger partial charge in [-0.3, -0.25) is 14.6 Å². The zero-order valence-electron chi connectivity index (χ0n) is 18.0. The van der Waals surface area contributed by atoms with Crippen LogP contribution in [0, 0.1) is 13.8 Å². The highest BCUT2D eigenvalue weighted by molar-refractivity contribution is 5.99. The summed E-state index contributed by atoms with van der Waals surface area (Å²) in [5.41, 5.74) is 3.32. The molecule has 1 fully saturated rings. The number of carboxylic acids is 1. The molecular weight excluding hydrogens is 408 g/mol. The van der Waals surface area contributed by atoms with E-state index < -0.39 is 5.97 Å². The van der Waals surface area contributed by atoms with Gasteiger partial charge < -0.3 is 19.5 Å². The first-order chi connectivity index (χ1) is 15.4. The molecule has 3 heterocycles. The molecule has 32 heavy (non-hydrogen) atoms. The average molecular weight is 432 g/mol. The van der Waals surface area contributed by atoms with E-state index in [1.807, 2.05) is 30.5 Å². The van der Waals surface area contributed by atoms with E-state index in [1.54, 1.807) is 40.3 Å². The molecule has 164 valence electrons. The van der Waals surface area contributed by atoms with Crippen LogP contribution in [-0.2, 0) is 0 Å². The molecule has 0 atom stereocenters. The Bertz CT molecular complexity index is 1160. The molecule has 1 N–H and O–H groups in total. The molecule has 0 saturated carbocycles. The van der Waals surface area contributed by atoms with Crippen molar-refractivity contribution in [3.63, 3.8) is 0 Å². The van der Waals surface area contributed by atoms with E-state index in [1.165, 1.54) is 12.3 Å². The third-order valence-electron chi connectivity index (χ3n) is 5.75. The first-order valence-electron chi connectivity index (χ1n) is 10.4. The van der Waals surface area contributed by atoms with Gasteiger partial charge in [0.05, 0.1) is 16.8 Å². The molecule has 1 saturated heterocycles. The number of carboxylic acid groups (broad SMARTS) is 1. The number of hydrogen-bond acceptors (Lipinski definition) is 4. The first-order valence-corrected chi connectivity index (χ1v) is 10.4. The number of piperazine rings is 1. The van der Waals surface area contributed by atoms with Crippen molar-refractivity contribution in [1.82, 2.24) is 19.4 Å². The molecule has 1 aliphatic rings. The zero-order valence-corrected chi connectivity index (χ0v) is 18.0. The third kappa shape index (κ3) is 3.99. The van der Waals surface area contributed by atoms with Crippen molar-refractivity contribution in [2.45, 2.75) is 13.8 Å². The number of carbonyl (C=O) groups is 3. The minimum Gasteiger partial charge on any atom is -0.478 e. The quantitative estimate of drug-likeness (QED) is 0.684. The molecule has 0 spiro atoms. The Hall–Kier alpha value is -3.94. The summed E-state index contributed by atoms with van der Waals surface area (Å²) < 4.78 is 1.84. The maximum absolute atomic E-state index is 13.2. The summed E-state index contributed by atoms with van der Waals surface area (Å²) in [5.74, 6) is -1.33. The van der Waals surface area contributed by atoms with E-state index in [2.05, 4.69) is 4.98 Å². The standard InChI is InChI=1S/C24H24N4O4/c1-16-5-6-17(2)28(16)21-14-18(7-8-20(21)24(31)32)22(29)26-10-12-27(13-11-26)23(30)19-4-3-9-25-15-19/h3-9,14-15H,10-13H2,1-2H3,(H,31,32). The van der Waals surface area contributed by atoms with E-state index in [4.69, 9.17) is 0 Å². The largest absolute Gasteiger partial charge is 0.478 e. The van der Waals surface area contributed by atoms with Crippen molar-refractivity contribution in [2.24, 2.45) is 0 Å². The van der Waals surface area contributed by atoms with Gasteiger partial charge in [-0.15, -0.1) is 0 Å². The van der Waals surface area contributed by atoms with Crippen LogP contribution in [0.5, 0.6) is 0 Å². The van der Waals surface area contributed by atoms with Crippen LogP contribution in [0.2, 0.25) is 0 Å². The minimum absolute atomic E-state index is 0.100. The van der Waals surface area contributed by atoms with E-state index in [-0.39, 0.29) is 17.4 Å². The number of aromatic nitrogens is 2. The Balaban J connectivity index is 1.54. The number of amides is 2. The third-order valence-corrected chi connectivity index (χ3v) is 5.75. The van der Waals surface area contributed by atoms with E-state index in [0.717, 1.165) is 11.4 Å². The second kappa shape index (κ2) is 8.66. The van der Waals surface area contributed by atoms with Crippen LogP contribution in [0.25, 0.3) is 5.69 Å². The van der Waals surface area contributed by atoms with Gasteiger partial charge in [-0.25, -0.2) is 4.79 Å². The molecule has 1 aliphatic heterocycles. The van der Waals surface area contributed by atoms with Crippen LogP contribution in [0.3, 0.4) is 0 Å². The lowest BCUT2D eigenvalue weighted by Gasteiger charge is -2.35. The van der Waals surface area contributed by atoms with Gasteiger partial charge in [-0.2, -0.15) is 0 Å². The molecule has 3 aromatic rings. The van der Waals surface area contributed by atoms with E-state index in [0.29, 0.717) is 43.0 Å². The fourth-order valence-corrected chi connectivity index (χ4v) is 4.05. The Morgan fingerprint density at radius 3 is 1.97 bits per heavy atom. The molecule has 8 heteroatoms.